The number of carboxylic acid groups (broad SMARTS) is 2. The van der Waals surface area contributed by atoms with E-state index in [1.54, 1.807) is 0 Å². The van der Waals surface area contributed by atoms with Crippen molar-refractivity contribution in [3.8, 4) is 0 Å². The van der Waals surface area contributed by atoms with E-state index in [4.69, 9.17) is 19.1 Å². The van der Waals surface area contributed by atoms with Gasteiger partial charge in [-0.2, -0.15) is 16.8 Å². The van der Waals surface area contributed by atoms with Crippen LogP contribution in [0.3, 0.4) is 0 Å². The number of hydrogen-bond acceptors (Lipinski definition) is 8. The van der Waals surface area contributed by atoms with Crippen molar-refractivity contribution < 1.29 is 45.7 Å². The molecule has 3 aromatic heterocycles. The molecule has 6 N–H and O–H groups in total. The molecule has 0 fully saturated rings. The van der Waals surface area contributed by atoms with E-state index < -0.39 is 32.2 Å². The first-order valence-corrected chi connectivity index (χ1v) is 18.2. The van der Waals surface area contributed by atoms with Crippen LogP contribution in [0.4, 0.5) is 0 Å². The van der Waals surface area contributed by atoms with E-state index in [1.165, 1.54) is 0 Å². The van der Waals surface area contributed by atoms with Crippen LogP contribution in [0.25, 0.3) is 44.4 Å². The zero-order chi connectivity index (χ0) is 36.1. The minimum absolute atomic E-state index is 0.0138. The number of aryl methyl sites for hydroxylation is 2. The monoisotopic (exact) mass is 702 g/mol. The van der Waals surface area contributed by atoms with Crippen molar-refractivity contribution in [1.82, 2.24) is 19.9 Å². The first-order chi connectivity index (χ1) is 22.1. The highest BCUT2D eigenvalue weighted by Gasteiger charge is 2.22. The van der Waals surface area contributed by atoms with E-state index in [0.29, 0.717) is 36.7 Å². The molecule has 0 saturated carbocycles. The van der Waals surface area contributed by atoms with Gasteiger partial charge in [-0.1, -0.05) is 0 Å². The Morgan fingerprint density at radius 3 is 1.35 bits per heavy atom. The fourth-order valence-electron chi connectivity index (χ4n) is 5.10. The molecule has 16 heteroatoms. The second-order valence-corrected chi connectivity index (χ2v) is 14.4. The van der Waals surface area contributed by atoms with Gasteiger partial charge >= 0.3 is 11.9 Å². The molecule has 3 aromatic rings. The Labute approximate surface area is 277 Å². The quantitative estimate of drug-likeness (QED) is 0.174. The fraction of sp³-hybridized carbons (Fsp3) is 0.312. The van der Waals surface area contributed by atoms with Crippen LogP contribution in [-0.2, 0) is 29.8 Å². The van der Waals surface area contributed by atoms with Gasteiger partial charge in [-0.15, -0.1) is 0 Å². The maximum Gasteiger partial charge on any atom is 0.303 e. The number of fused-ring (bicyclic) bond motifs is 8. The lowest BCUT2D eigenvalue weighted by Crippen LogP contribution is -1.97. The number of allylic oxidation sites excluding steroid dienone is 4. The number of aromatic amines is 2. The normalized spacial score (nSPS) is 13.0. The van der Waals surface area contributed by atoms with Crippen LogP contribution in [0.2, 0.25) is 0 Å². The van der Waals surface area contributed by atoms with Crippen LogP contribution < -0.4 is 0 Å². The predicted octanol–water partition coefficient (Wildman–Crippen LogP) is 5.53. The Balaban J connectivity index is 0.000000548. The molecule has 0 amide bonds. The zero-order valence-electron chi connectivity index (χ0n) is 27.2. The van der Waals surface area contributed by atoms with Crippen molar-refractivity contribution in [3.63, 3.8) is 0 Å². The molecule has 2 aliphatic heterocycles. The second-order valence-electron chi connectivity index (χ2n) is 11.4. The van der Waals surface area contributed by atoms with Gasteiger partial charge in [-0.05, 0) is 110 Å². The number of hydrogen-bond donors (Lipinski definition) is 6. The lowest BCUT2D eigenvalue weighted by Gasteiger charge is -2.05. The third-order valence-corrected chi connectivity index (χ3v) is 7.25. The first-order valence-electron chi connectivity index (χ1n) is 14.5. The van der Waals surface area contributed by atoms with Crippen molar-refractivity contribution in [3.05, 3.63) is 70.3 Å². The molecule has 2 aliphatic rings. The summed E-state index contributed by atoms with van der Waals surface area (Å²) in [6, 6.07) is 12.1. The van der Waals surface area contributed by atoms with E-state index in [0.717, 1.165) is 66.9 Å². The molecule has 0 aliphatic carbocycles. The Kier molecular flexibility index (Phi) is 11.9. The molecule has 0 spiro atoms. The van der Waals surface area contributed by atoms with Gasteiger partial charge in [0.15, 0.2) is 0 Å². The first kappa shape index (κ1) is 37.8. The number of nitrogens with one attached hydrogen (secondary N) is 2. The summed E-state index contributed by atoms with van der Waals surface area (Å²) in [5.41, 5.74) is 12.4. The molecule has 48 heavy (non-hydrogen) atoms. The molecule has 5 rings (SSSR count). The number of carboxylic acids is 2. The minimum Gasteiger partial charge on any atom is -0.481 e. The van der Waals surface area contributed by atoms with Crippen LogP contribution in [-0.4, -0.2) is 80.5 Å². The third kappa shape index (κ3) is 11.3. The maximum absolute atomic E-state index is 11.4. The maximum atomic E-state index is 11.4. The molecule has 8 bridgehead atoms. The molecule has 0 atom stereocenters. The lowest BCUT2D eigenvalue weighted by atomic mass is 9.98. The van der Waals surface area contributed by atoms with Crippen LogP contribution in [0, 0.1) is 13.8 Å². The van der Waals surface area contributed by atoms with E-state index in [-0.39, 0.29) is 12.8 Å². The number of aliphatic carboxylic acids is 2. The summed E-state index contributed by atoms with van der Waals surface area (Å²) in [6.07, 6.45) is 2.08. The molecular weight excluding hydrogens is 665 g/mol. The van der Waals surface area contributed by atoms with Gasteiger partial charge in [0.25, 0.3) is 20.2 Å². The number of H-pyrrole nitrogens is 2. The van der Waals surface area contributed by atoms with Crippen molar-refractivity contribution in [2.45, 2.75) is 53.4 Å². The SMILES string of the molecule is CC1=C(CCC(=O)O)c2cc3nc(cc4[nH]c(cc4C)cc4[nH]c(cc1n2)cc4C)C(C)=C3CCC(=O)O.CS(=O)(=O)O.CS(=O)(=O)O. The number of carbonyl (C=O) groups is 2. The van der Waals surface area contributed by atoms with Crippen LogP contribution in [0.1, 0.15) is 73.4 Å². The highest BCUT2D eigenvalue weighted by atomic mass is 32.2. The van der Waals surface area contributed by atoms with Gasteiger partial charge in [-0.25, -0.2) is 9.97 Å². The Hall–Kier alpha value is -4.64. The van der Waals surface area contributed by atoms with Gasteiger partial charge in [-0.3, -0.25) is 18.7 Å². The van der Waals surface area contributed by atoms with E-state index in [1.807, 2.05) is 39.0 Å². The smallest absolute Gasteiger partial charge is 0.303 e. The Morgan fingerprint density at radius 1 is 0.604 bits per heavy atom. The summed E-state index contributed by atoms with van der Waals surface area (Å²) < 4.78 is 51.7. The summed E-state index contributed by atoms with van der Waals surface area (Å²) in [5, 5.41) is 18.7. The van der Waals surface area contributed by atoms with Crippen molar-refractivity contribution in [2.24, 2.45) is 0 Å². The van der Waals surface area contributed by atoms with Crippen LogP contribution >= 0.6 is 0 Å². The van der Waals surface area contributed by atoms with E-state index in [2.05, 4.69) is 35.1 Å². The number of rotatable bonds is 6. The molecule has 0 saturated heterocycles. The van der Waals surface area contributed by atoms with Gasteiger partial charge in [0.05, 0.1) is 35.3 Å². The van der Waals surface area contributed by atoms with E-state index >= 15 is 0 Å². The topological polar surface area (TPSA) is 241 Å². The molecule has 0 aromatic carbocycles. The highest BCUT2D eigenvalue weighted by molar-refractivity contribution is 7.85. The fourth-order valence-corrected chi connectivity index (χ4v) is 5.10. The van der Waals surface area contributed by atoms with Gasteiger partial charge in [0, 0.05) is 34.9 Å². The van der Waals surface area contributed by atoms with Crippen molar-refractivity contribution in [2.75, 3.05) is 12.5 Å². The summed E-state index contributed by atoms with van der Waals surface area (Å²) in [4.78, 5) is 39.6. The Bertz CT molecular complexity index is 2170. The summed E-state index contributed by atoms with van der Waals surface area (Å²) >= 11 is 0. The Morgan fingerprint density at radius 2 is 0.958 bits per heavy atom. The second kappa shape index (κ2) is 15.1. The van der Waals surface area contributed by atoms with Crippen molar-refractivity contribution >= 4 is 76.5 Å². The van der Waals surface area contributed by atoms with Gasteiger partial charge < -0.3 is 20.2 Å². The number of nitrogens with zero attached hydrogens (tertiary/aromatic N) is 2. The van der Waals surface area contributed by atoms with E-state index in [9.17, 15) is 36.6 Å². The standard InChI is InChI=1S/C30H30N4O4.2CH4O3S/c1-15-9-20-12-25-17(3)21(5-7-29(35)36)27(33-25)14-28-22(6-8-30(37)38)18(4)26(34-28)13-24-16(2)10-19(32-24)11-23(15)31-20;2*1-5(2,3)4/h9-14,31-32H,5-8H2,1-4H3,(H,35,36)(H,37,38);2*1H3,(H,2,3,4). The van der Waals surface area contributed by atoms with Crippen LogP contribution in [0.5, 0.6) is 0 Å². The summed E-state index contributed by atoms with van der Waals surface area (Å²) in [6.45, 7) is 8.01. The average Bonchev–Trinajstić information content (AvgIpc) is 3.61. The molecule has 14 nitrogen and oxygen atoms in total. The van der Waals surface area contributed by atoms with Crippen molar-refractivity contribution in [1.29, 1.82) is 0 Å². The van der Waals surface area contributed by atoms with Gasteiger partial charge in [0.2, 0.25) is 0 Å². The van der Waals surface area contributed by atoms with Gasteiger partial charge in [0.1, 0.15) is 0 Å². The predicted molar refractivity (Wildman–Crippen MR) is 184 cm³/mol. The largest absolute Gasteiger partial charge is 0.481 e. The molecule has 5 heterocycles. The third-order valence-electron chi connectivity index (χ3n) is 7.25. The lowest BCUT2D eigenvalue weighted by molar-refractivity contribution is -0.137. The molecule has 0 unspecified atom stereocenters. The summed E-state index contributed by atoms with van der Waals surface area (Å²) in [5.74, 6) is -1.75. The molecule has 258 valence electrons. The highest BCUT2D eigenvalue weighted by Crippen LogP contribution is 2.37. The minimum atomic E-state index is -3.67. The molecule has 0 radical (unpaired) electrons. The average molecular weight is 703 g/mol. The summed E-state index contributed by atoms with van der Waals surface area (Å²) in [7, 11) is -7.33. The number of aromatic nitrogens is 4. The zero-order valence-corrected chi connectivity index (χ0v) is 28.9. The van der Waals surface area contributed by atoms with Crippen LogP contribution in [0.15, 0.2) is 36.4 Å². The molecular formula is C32H38N4O10S2.